The molecule has 0 aliphatic carbocycles. The second-order valence-corrected chi connectivity index (χ2v) is 9.57. The smallest absolute Gasteiger partial charge is 0.0619 e. The Morgan fingerprint density at radius 2 is 1.55 bits per heavy atom. The fourth-order valence-electron chi connectivity index (χ4n) is 5.41. The fourth-order valence-corrected chi connectivity index (χ4v) is 5.41. The van der Waals surface area contributed by atoms with E-state index < -0.39 is 0 Å². The minimum atomic E-state index is 1.13. The molecule has 0 amide bonds. The van der Waals surface area contributed by atoms with Crippen LogP contribution in [0.4, 0.5) is 5.69 Å². The van der Waals surface area contributed by atoms with E-state index in [0.29, 0.717) is 0 Å². The van der Waals surface area contributed by atoms with Crippen molar-refractivity contribution >= 4 is 43.8 Å². The number of para-hydroxylation sites is 2. The molecule has 0 spiro atoms. The van der Waals surface area contributed by atoms with Crippen molar-refractivity contribution in [1.82, 2.24) is 4.57 Å². The van der Waals surface area contributed by atoms with Gasteiger partial charge in [0.25, 0.3) is 0 Å². The van der Waals surface area contributed by atoms with E-state index in [9.17, 15) is 0 Å². The average Bonchev–Trinajstić information content (AvgIpc) is 3.31. The highest BCUT2D eigenvalue weighted by atomic mass is 15.0. The van der Waals surface area contributed by atoms with Crippen LogP contribution in [0.15, 0.2) is 134 Å². The molecular formula is C36H30N2. The van der Waals surface area contributed by atoms with Gasteiger partial charge in [0.15, 0.2) is 0 Å². The van der Waals surface area contributed by atoms with E-state index in [4.69, 9.17) is 0 Å². The molecule has 5 aromatic carbocycles. The molecule has 1 aromatic heterocycles. The first-order valence-corrected chi connectivity index (χ1v) is 13.0. The summed E-state index contributed by atoms with van der Waals surface area (Å²) in [6, 6.07) is 37.3. The lowest BCUT2D eigenvalue weighted by atomic mass is 9.98. The molecule has 0 aliphatic heterocycles. The van der Waals surface area contributed by atoms with Gasteiger partial charge < -0.3 is 9.88 Å². The van der Waals surface area contributed by atoms with Gasteiger partial charge in [0, 0.05) is 40.1 Å². The largest absolute Gasteiger partial charge is 0.388 e. The number of nitrogens with one attached hydrogen (secondary N) is 1. The highest BCUT2D eigenvalue weighted by Gasteiger charge is 2.16. The molecule has 6 rings (SSSR count). The number of hydrogen-bond acceptors (Lipinski definition) is 1. The zero-order chi connectivity index (χ0) is 26.1. The molecule has 184 valence electrons. The maximum Gasteiger partial charge on any atom is 0.0619 e. The molecule has 0 radical (unpaired) electrons. The van der Waals surface area contributed by atoms with Gasteiger partial charge in [0.1, 0.15) is 0 Å². The van der Waals surface area contributed by atoms with E-state index in [-0.39, 0.29) is 0 Å². The van der Waals surface area contributed by atoms with Crippen LogP contribution in [0.1, 0.15) is 12.5 Å². The predicted molar refractivity (Wildman–Crippen MR) is 166 cm³/mol. The van der Waals surface area contributed by atoms with Crippen molar-refractivity contribution in [3.8, 4) is 16.8 Å². The summed E-state index contributed by atoms with van der Waals surface area (Å²) in [6.45, 7) is 5.93. The molecule has 0 unspecified atom stereocenters. The van der Waals surface area contributed by atoms with Crippen LogP contribution in [0.25, 0.3) is 55.0 Å². The summed E-state index contributed by atoms with van der Waals surface area (Å²) in [6.07, 6.45) is 7.94. The first-order chi connectivity index (χ1) is 18.7. The predicted octanol–water partition coefficient (Wildman–Crippen LogP) is 9.79. The van der Waals surface area contributed by atoms with Crippen LogP contribution in [0.3, 0.4) is 0 Å². The third kappa shape index (κ3) is 4.01. The fraction of sp³-hybridized carbons (Fsp3) is 0.0556. The summed E-state index contributed by atoms with van der Waals surface area (Å²) in [4.78, 5) is 0. The van der Waals surface area contributed by atoms with Crippen LogP contribution < -0.4 is 5.32 Å². The summed E-state index contributed by atoms with van der Waals surface area (Å²) in [5, 5.41) is 8.34. The van der Waals surface area contributed by atoms with Crippen molar-refractivity contribution in [3.63, 3.8) is 0 Å². The number of rotatable bonds is 6. The zero-order valence-corrected chi connectivity index (χ0v) is 21.8. The minimum absolute atomic E-state index is 1.13. The topological polar surface area (TPSA) is 17.0 Å². The summed E-state index contributed by atoms with van der Waals surface area (Å²) in [5.74, 6) is 0. The van der Waals surface area contributed by atoms with Crippen LogP contribution in [-0.4, -0.2) is 11.6 Å². The van der Waals surface area contributed by atoms with Gasteiger partial charge in [-0.2, -0.15) is 0 Å². The van der Waals surface area contributed by atoms with E-state index in [2.05, 4.69) is 133 Å². The van der Waals surface area contributed by atoms with E-state index in [1.807, 2.05) is 19.2 Å². The molecule has 38 heavy (non-hydrogen) atoms. The van der Waals surface area contributed by atoms with Gasteiger partial charge in [-0.3, -0.25) is 0 Å². The number of aromatic nitrogens is 1. The van der Waals surface area contributed by atoms with E-state index in [1.165, 1.54) is 54.8 Å². The highest BCUT2D eigenvalue weighted by Crippen LogP contribution is 2.39. The number of fused-ring (bicyclic) bond motifs is 5. The molecule has 2 heteroatoms. The second kappa shape index (κ2) is 9.91. The third-order valence-electron chi connectivity index (χ3n) is 7.31. The summed E-state index contributed by atoms with van der Waals surface area (Å²) >= 11 is 0. The standard InChI is InChI=1S/C36H30N2/c1-4-5-7-12-25(2)27-20-22-35-33(23-27)31-21-19-26-17-18-28(30-15-10-11-16-34(30)37-3)24-32(26)36(31)38(35)29-13-8-6-9-14-29/h4-24,37H,1H2,2-3H3/b7-5-,25-12+. The van der Waals surface area contributed by atoms with Gasteiger partial charge in [-0.15, -0.1) is 0 Å². The molecule has 0 saturated heterocycles. The Morgan fingerprint density at radius 3 is 2.37 bits per heavy atom. The van der Waals surface area contributed by atoms with Gasteiger partial charge in [-0.05, 0) is 65.4 Å². The highest BCUT2D eigenvalue weighted by molar-refractivity contribution is 6.19. The van der Waals surface area contributed by atoms with Gasteiger partial charge in [0.05, 0.1) is 11.0 Å². The van der Waals surface area contributed by atoms with E-state index >= 15 is 0 Å². The first-order valence-electron chi connectivity index (χ1n) is 13.0. The maximum atomic E-state index is 3.77. The lowest BCUT2D eigenvalue weighted by molar-refractivity contribution is 1.19. The van der Waals surface area contributed by atoms with Crippen LogP contribution in [0.5, 0.6) is 0 Å². The summed E-state index contributed by atoms with van der Waals surface area (Å²) < 4.78 is 2.42. The molecule has 1 N–H and O–H groups in total. The molecule has 0 saturated carbocycles. The molecule has 6 aromatic rings. The normalized spacial score (nSPS) is 12.1. The van der Waals surface area contributed by atoms with Gasteiger partial charge >= 0.3 is 0 Å². The number of hydrogen-bond donors (Lipinski definition) is 1. The minimum Gasteiger partial charge on any atom is -0.388 e. The number of nitrogens with zero attached hydrogens (tertiary/aromatic N) is 1. The lowest BCUT2D eigenvalue weighted by Crippen LogP contribution is -1.95. The Morgan fingerprint density at radius 1 is 0.763 bits per heavy atom. The third-order valence-corrected chi connectivity index (χ3v) is 7.31. The molecule has 0 atom stereocenters. The van der Waals surface area contributed by atoms with E-state index in [1.54, 1.807) is 6.08 Å². The van der Waals surface area contributed by atoms with Crippen LogP contribution in [0, 0.1) is 0 Å². The quantitative estimate of drug-likeness (QED) is 0.230. The summed E-state index contributed by atoms with van der Waals surface area (Å²) in [5.41, 5.74) is 9.57. The van der Waals surface area contributed by atoms with E-state index in [0.717, 1.165) is 11.4 Å². The average molecular weight is 491 g/mol. The lowest BCUT2D eigenvalue weighted by Gasteiger charge is -2.13. The Kier molecular flexibility index (Phi) is 6.15. The van der Waals surface area contributed by atoms with Crippen molar-refractivity contribution < 1.29 is 0 Å². The van der Waals surface area contributed by atoms with Crippen molar-refractivity contribution in [3.05, 3.63) is 140 Å². The Labute approximate surface area is 223 Å². The monoisotopic (exact) mass is 490 g/mol. The number of allylic oxidation sites excluding steroid dienone is 5. The molecule has 1 heterocycles. The number of anilines is 1. The van der Waals surface area contributed by atoms with Crippen molar-refractivity contribution in [2.45, 2.75) is 6.92 Å². The molecule has 0 aliphatic rings. The van der Waals surface area contributed by atoms with Crippen LogP contribution in [-0.2, 0) is 0 Å². The van der Waals surface area contributed by atoms with Crippen molar-refractivity contribution in [2.75, 3.05) is 12.4 Å². The number of benzene rings is 5. The van der Waals surface area contributed by atoms with Gasteiger partial charge in [-0.25, -0.2) is 0 Å². The first kappa shape index (κ1) is 23.6. The SMILES string of the molecule is C=C/C=C\C=C(/C)c1ccc2c(c1)c1ccc3ccc(-c4ccccc4NC)cc3c1n2-c1ccccc1. The molecule has 2 nitrogen and oxygen atoms in total. The van der Waals surface area contributed by atoms with Crippen molar-refractivity contribution in [2.24, 2.45) is 0 Å². The summed E-state index contributed by atoms with van der Waals surface area (Å²) in [7, 11) is 1.98. The Hall–Kier alpha value is -4.82. The van der Waals surface area contributed by atoms with Gasteiger partial charge in [0.2, 0.25) is 0 Å². The second-order valence-electron chi connectivity index (χ2n) is 9.57. The molecule has 0 fully saturated rings. The van der Waals surface area contributed by atoms with Crippen LogP contribution in [0.2, 0.25) is 0 Å². The Balaban J connectivity index is 1.69. The maximum absolute atomic E-state index is 3.77. The molecular weight excluding hydrogens is 460 g/mol. The van der Waals surface area contributed by atoms with Crippen molar-refractivity contribution in [1.29, 1.82) is 0 Å². The van der Waals surface area contributed by atoms with Gasteiger partial charge in [-0.1, -0.05) is 97.6 Å². The van der Waals surface area contributed by atoms with Crippen LogP contribution >= 0.6 is 0 Å². The molecule has 0 bridgehead atoms. The zero-order valence-electron chi connectivity index (χ0n) is 21.8. The Bertz CT molecular complexity index is 1870.